The number of hydrogen-bond acceptors (Lipinski definition) is 0. The van der Waals surface area contributed by atoms with Crippen molar-refractivity contribution in [1.29, 1.82) is 0 Å². The van der Waals surface area contributed by atoms with Gasteiger partial charge in [0.05, 0.1) is 4.47 Å². The van der Waals surface area contributed by atoms with Crippen molar-refractivity contribution >= 4 is 31.9 Å². The zero-order chi connectivity index (χ0) is 10.0. The zero-order valence-electron chi connectivity index (χ0n) is 6.58. The monoisotopic (exact) mass is 310 g/mol. The molecule has 0 fully saturated rings. The van der Waals surface area contributed by atoms with Gasteiger partial charge in [-0.25, -0.2) is 8.78 Å². The van der Waals surface area contributed by atoms with Crippen molar-refractivity contribution in [1.82, 2.24) is 0 Å². The van der Waals surface area contributed by atoms with Gasteiger partial charge in [-0.2, -0.15) is 0 Å². The van der Waals surface area contributed by atoms with E-state index in [4.69, 9.17) is 0 Å². The minimum absolute atomic E-state index is 0.128. The highest BCUT2D eigenvalue weighted by atomic mass is 79.9. The highest BCUT2D eigenvalue weighted by molar-refractivity contribution is 9.11. The molecule has 0 unspecified atom stereocenters. The number of rotatable bonds is 2. The summed E-state index contributed by atoms with van der Waals surface area (Å²) in [6, 6.07) is 2.55. The standard InChI is InChI=1S/C9H6Br2F2/c1-5(10)2-6-3-7(12)9(11)8(13)4-6/h3-4H,1-2H2. The summed E-state index contributed by atoms with van der Waals surface area (Å²) in [5, 5.41) is 0. The molecule has 4 heteroatoms. The van der Waals surface area contributed by atoms with Crippen molar-refractivity contribution in [2.24, 2.45) is 0 Å². The van der Waals surface area contributed by atoms with Gasteiger partial charge in [-0.3, -0.25) is 0 Å². The first-order chi connectivity index (χ1) is 6.00. The van der Waals surface area contributed by atoms with Gasteiger partial charge in [0.1, 0.15) is 11.6 Å². The van der Waals surface area contributed by atoms with Gasteiger partial charge in [0, 0.05) is 6.42 Å². The van der Waals surface area contributed by atoms with E-state index in [0.29, 0.717) is 16.5 Å². The van der Waals surface area contributed by atoms with Gasteiger partial charge < -0.3 is 0 Å². The summed E-state index contributed by atoms with van der Waals surface area (Å²) < 4.78 is 26.5. The molecular formula is C9H6Br2F2. The van der Waals surface area contributed by atoms with E-state index in [2.05, 4.69) is 38.4 Å². The maximum absolute atomic E-state index is 13.0. The Kier molecular flexibility index (Phi) is 3.62. The van der Waals surface area contributed by atoms with Crippen molar-refractivity contribution in [2.45, 2.75) is 6.42 Å². The molecule has 0 radical (unpaired) electrons. The van der Waals surface area contributed by atoms with Crippen molar-refractivity contribution in [2.75, 3.05) is 0 Å². The molecular weight excluding hydrogens is 306 g/mol. The molecule has 0 aliphatic heterocycles. The Balaban J connectivity index is 3.06. The molecule has 0 nitrogen and oxygen atoms in total. The fraction of sp³-hybridized carbons (Fsp3) is 0.111. The molecule has 0 saturated carbocycles. The lowest BCUT2D eigenvalue weighted by molar-refractivity contribution is 0.569. The molecule has 1 aromatic rings. The summed E-state index contributed by atoms with van der Waals surface area (Å²) in [4.78, 5) is 0. The summed E-state index contributed by atoms with van der Waals surface area (Å²) in [6.45, 7) is 3.59. The summed E-state index contributed by atoms with van der Waals surface area (Å²) in [5.74, 6) is -1.19. The van der Waals surface area contributed by atoms with Crippen LogP contribution in [0.25, 0.3) is 0 Å². The van der Waals surface area contributed by atoms with E-state index in [1.165, 1.54) is 12.1 Å². The Morgan fingerprint density at radius 3 is 2.15 bits per heavy atom. The van der Waals surface area contributed by atoms with E-state index in [1.54, 1.807) is 0 Å². The Morgan fingerprint density at radius 2 is 1.77 bits per heavy atom. The van der Waals surface area contributed by atoms with E-state index in [9.17, 15) is 8.78 Å². The highest BCUT2D eigenvalue weighted by Gasteiger charge is 2.08. The molecule has 13 heavy (non-hydrogen) atoms. The molecule has 0 aromatic heterocycles. The number of benzene rings is 1. The maximum atomic E-state index is 13.0. The van der Waals surface area contributed by atoms with Crippen LogP contribution in [0.1, 0.15) is 5.56 Å². The van der Waals surface area contributed by atoms with Crippen molar-refractivity contribution in [3.8, 4) is 0 Å². The van der Waals surface area contributed by atoms with Crippen LogP contribution in [0.2, 0.25) is 0 Å². The van der Waals surface area contributed by atoms with Gasteiger partial charge >= 0.3 is 0 Å². The highest BCUT2D eigenvalue weighted by Crippen LogP contribution is 2.23. The molecule has 0 bridgehead atoms. The van der Waals surface area contributed by atoms with Gasteiger partial charge in [0.15, 0.2) is 0 Å². The van der Waals surface area contributed by atoms with Crippen LogP contribution in [0.3, 0.4) is 0 Å². The van der Waals surface area contributed by atoms with Crippen LogP contribution < -0.4 is 0 Å². The lowest BCUT2D eigenvalue weighted by Gasteiger charge is -2.02. The molecule has 0 N–H and O–H groups in total. The molecule has 1 aromatic carbocycles. The van der Waals surface area contributed by atoms with Gasteiger partial charge in [0.2, 0.25) is 0 Å². The molecule has 1 rings (SSSR count). The maximum Gasteiger partial charge on any atom is 0.140 e. The Labute approximate surface area is 91.9 Å². The SMILES string of the molecule is C=C(Br)Cc1cc(F)c(Br)c(F)c1. The minimum Gasteiger partial charge on any atom is -0.206 e. The van der Waals surface area contributed by atoms with Gasteiger partial charge in [-0.15, -0.1) is 0 Å². The predicted octanol–water partition coefficient (Wildman–Crippen LogP) is 4.18. The molecule has 0 aliphatic rings. The summed E-state index contributed by atoms with van der Waals surface area (Å²) in [7, 11) is 0. The first-order valence-corrected chi connectivity index (χ1v) is 5.06. The first kappa shape index (κ1) is 10.9. The lowest BCUT2D eigenvalue weighted by atomic mass is 10.1. The molecule has 70 valence electrons. The molecule has 0 saturated heterocycles. The third-order valence-corrected chi connectivity index (χ3v) is 2.48. The van der Waals surface area contributed by atoms with Crippen molar-refractivity contribution in [3.05, 3.63) is 44.9 Å². The molecule has 0 spiro atoms. The zero-order valence-corrected chi connectivity index (χ0v) is 9.75. The third-order valence-electron chi connectivity index (χ3n) is 1.44. The first-order valence-electron chi connectivity index (χ1n) is 3.47. The van der Waals surface area contributed by atoms with Crippen LogP contribution in [0.4, 0.5) is 8.78 Å². The molecule has 0 amide bonds. The Hall–Kier alpha value is -0.220. The van der Waals surface area contributed by atoms with E-state index in [1.807, 2.05) is 0 Å². The van der Waals surface area contributed by atoms with Gasteiger partial charge in [0.25, 0.3) is 0 Å². The lowest BCUT2D eigenvalue weighted by Crippen LogP contribution is -1.90. The average molecular weight is 312 g/mol. The topological polar surface area (TPSA) is 0 Å². The Morgan fingerprint density at radius 1 is 1.31 bits per heavy atom. The normalized spacial score (nSPS) is 10.2. The number of hydrogen-bond donors (Lipinski definition) is 0. The molecule has 0 atom stereocenters. The van der Waals surface area contributed by atoms with E-state index in [0.717, 1.165) is 0 Å². The summed E-state index contributed by atoms with van der Waals surface area (Å²) >= 11 is 5.92. The van der Waals surface area contributed by atoms with Crippen molar-refractivity contribution < 1.29 is 8.78 Å². The van der Waals surface area contributed by atoms with Crippen molar-refractivity contribution in [3.63, 3.8) is 0 Å². The van der Waals surface area contributed by atoms with E-state index >= 15 is 0 Å². The van der Waals surface area contributed by atoms with E-state index in [-0.39, 0.29) is 4.47 Å². The number of allylic oxidation sites excluding steroid dienone is 1. The second-order valence-electron chi connectivity index (χ2n) is 2.57. The van der Waals surface area contributed by atoms with Crippen LogP contribution in [-0.2, 0) is 6.42 Å². The average Bonchev–Trinajstić information content (AvgIpc) is 1.98. The van der Waals surface area contributed by atoms with Gasteiger partial charge in [-0.05, 0) is 38.1 Å². The molecule has 0 heterocycles. The smallest absolute Gasteiger partial charge is 0.140 e. The number of halogens is 4. The second-order valence-corrected chi connectivity index (χ2v) is 4.48. The quantitative estimate of drug-likeness (QED) is 0.719. The summed E-state index contributed by atoms with van der Waals surface area (Å²) in [6.07, 6.45) is 0.418. The van der Waals surface area contributed by atoms with Crippen LogP contribution >= 0.6 is 31.9 Å². The predicted molar refractivity (Wildman–Crippen MR) is 55.8 cm³/mol. The van der Waals surface area contributed by atoms with Crippen LogP contribution in [-0.4, -0.2) is 0 Å². The minimum atomic E-state index is -0.594. The fourth-order valence-electron chi connectivity index (χ4n) is 0.932. The third kappa shape index (κ3) is 2.88. The second kappa shape index (κ2) is 4.33. The van der Waals surface area contributed by atoms with Crippen LogP contribution in [0.15, 0.2) is 27.7 Å². The molecule has 0 aliphatic carbocycles. The van der Waals surface area contributed by atoms with Gasteiger partial charge in [-0.1, -0.05) is 22.5 Å². The van der Waals surface area contributed by atoms with Crippen LogP contribution in [0, 0.1) is 11.6 Å². The Bertz CT molecular complexity index is 324. The van der Waals surface area contributed by atoms with Crippen LogP contribution in [0.5, 0.6) is 0 Å². The summed E-state index contributed by atoms with van der Waals surface area (Å²) in [5.41, 5.74) is 0.556. The fourth-order valence-corrected chi connectivity index (χ4v) is 1.48. The van der Waals surface area contributed by atoms with E-state index < -0.39 is 11.6 Å². The largest absolute Gasteiger partial charge is 0.206 e.